The number of hydrogen-bond acceptors (Lipinski definition) is 7. The smallest absolute Gasteiger partial charge is 0.265 e. The van der Waals surface area contributed by atoms with E-state index in [0.29, 0.717) is 38.9 Å². The number of carbonyl (C=O) groups is 2. The number of nitrogens with one attached hydrogen (secondary N) is 1. The number of aryl methyl sites for hydroxylation is 1. The van der Waals surface area contributed by atoms with Crippen LogP contribution in [0.2, 0.25) is 0 Å². The van der Waals surface area contributed by atoms with Gasteiger partial charge in [0.15, 0.2) is 17.5 Å². The number of thiophene rings is 1. The maximum Gasteiger partial charge on any atom is 0.265 e. The standard InChI is InChI=1S/C19H17N3O4S2/c1-3-22-13-7-11(4-5-15(13)26-8-16(22)24)14(23)9-27-19-20-17(25)12-6-10(2)28-18(12)21-19/h4-7H,3,8-9H2,1-2H3,(H,20,21,25). The van der Waals surface area contributed by atoms with E-state index in [4.69, 9.17) is 4.74 Å². The number of thioether (sulfide) groups is 1. The molecule has 0 fully saturated rings. The summed E-state index contributed by atoms with van der Waals surface area (Å²) in [5.41, 5.74) is 0.891. The van der Waals surface area contributed by atoms with Gasteiger partial charge in [0.25, 0.3) is 11.5 Å². The number of carbonyl (C=O) groups excluding carboxylic acids is 2. The molecule has 1 aliphatic rings. The van der Waals surface area contributed by atoms with Crippen molar-refractivity contribution in [2.75, 3.05) is 23.8 Å². The minimum absolute atomic E-state index is 0.00763. The number of rotatable bonds is 5. The van der Waals surface area contributed by atoms with Crippen LogP contribution in [-0.2, 0) is 4.79 Å². The van der Waals surface area contributed by atoms with E-state index >= 15 is 0 Å². The molecule has 1 amide bonds. The number of hydrogen-bond donors (Lipinski definition) is 1. The summed E-state index contributed by atoms with van der Waals surface area (Å²) in [6, 6.07) is 6.89. The largest absolute Gasteiger partial charge is 0.482 e. The Balaban J connectivity index is 1.54. The molecule has 9 heteroatoms. The fraction of sp³-hybridized carbons (Fsp3) is 0.263. The maximum absolute atomic E-state index is 12.7. The highest BCUT2D eigenvalue weighted by Crippen LogP contribution is 2.33. The number of ether oxygens (including phenoxy) is 1. The molecule has 3 aromatic rings. The molecule has 0 spiro atoms. The summed E-state index contributed by atoms with van der Waals surface area (Å²) < 4.78 is 5.43. The highest BCUT2D eigenvalue weighted by molar-refractivity contribution is 7.99. The van der Waals surface area contributed by atoms with Crippen molar-refractivity contribution in [2.24, 2.45) is 0 Å². The molecule has 1 aliphatic heterocycles. The van der Waals surface area contributed by atoms with E-state index in [1.54, 1.807) is 29.2 Å². The van der Waals surface area contributed by atoms with Gasteiger partial charge in [0.05, 0.1) is 16.8 Å². The van der Waals surface area contributed by atoms with Gasteiger partial charge < -0.3 is 14.6 Å². The van der Waals surface area contributed by atoms with E-state index in [1.165, 1.54) is 23.1 Å². The molecule has 3 heterocycles. The van der Waals surface area contributed by atoms with Gasteiger partial charge in [-0.05, 0) is 38.1 Å². The molecule has 144 valence electrons. The van der Waals surface area contributed by atoms with Gasteiger partial charge in [-0.15, -0.1) is 11.3 Å². The summed E-state index contributed by atoms with van der Waals surface area (Å²) in [6.45, 7) is 4.31. The third-order valence-corrected chi connectivity index (χ3v) is 6.20. The van der Waals surface area contributed by atoms with Gasteiger partial charge in [-0.2, -0.15) is 0 Å². The molecule has 0 unspecified atom stereocenters. The molecule has 1 aromatic carbocycles. The van der Waals surface area contributed by atoms with Gasteiger partial charge in [0.2, 0.25) is 0 Å². The maximum atomic E-state index is 12.7. The van der Waals surface area contributed by atoms with Crippen LogP contribution in [0.5, 0.6) is 5.75 Å². The van der Waals surface area contributed by atoms with Crippen molar-refractivity contribution in [3.63, 3.8) is 0 Å². The molecule has 7 nitrogen and oxygen atoms in total. The average molecular weight is 415 g/mol. The summed E-state index contributed by atoms with van der Waals surface area (Å²) >= 11 is 2.63. The second-order valence-corrected chi connectivity index (χ2v) is 8.47. The van der Waals surface area contributed by atoms with Crippen LogP contribution in [0.25, 0.3) is 10.2 Å². The molecule has 0 aliphatic carbocycles. The van der Waals surface area contributed by atoms with Crippen LogP contribution in [0.3, 0.4) is 0 Å². The summed E-state index contributed by atoms with van der Waals surface area (Å²) in [5.74, 6) is 0.468. The molecule has 0 radical (unpaired) electrons. The third-order valence-electron chi connectivity index (χ3n) is 4.38. The number of fused-ring (bicyclic) bond motifs is 2. The highest BCUT2D eigenvalue weighted by atomic mass is 32.2. The van der Waals surface area contributed by atoms with Crippen molar-refractivity contribution in [1.29, 1.82) is 0 Å². The molecular formula is C19H17N3O4S2. The van der Waals surface area contributed by atoms with Crippen molar-refractivity contribution in [1.82, 2.24) is 9.97 Å². The number of Topliss-reactive ketones (excluding diaryl/α,β-unsaturated/α-hetero) is 1. The predicted molar refractivity (Wildman–Crippen MR) is 110 cm³/mol. The molecule has 0 saturated heterocycles. The summed E-state index contributed by atoms with van der Waals surface area (Å²) in [4.78, 5) is 47.2. The minimum Gasteiger partial charge on any atom is -0.482 e. The van der Waals surface area contributed by atoms with Crippen LogP contribution in [0.15, 0.2) is 34.2 Å². The van der Waals surface area contributed by atoms with Crippen LogP contribution >= 0.6 is 23.1 Å². The lowest BCUT2D eigenvalue weighted by atomic mass is 10.1. The van der Waals surface area contributed by atoms with E-state index in [2.05, 4.69) is 9.97 Å². The van der Waals surface area contributed by atoms with E-state index in [1.807, 2.05) is 13.8 Å². The van der Waals surface area contributed by atoms with Gasteiger partial charge >= 0.3 is 0 Å². The predicted octanol–water partition coefficient (Wildman–Crippen LogP) is 3.01. The number of likely N-dealkylation sites (N-methyl/N-ethyl adjacent to an activating group) is 1. The van der Waals surface area contributed by atoms with E-state index in [9.17, 15) is 14.4 Å². The Hall–Kier alpha value is -2.65. The molecule has 4 rings (SSSR count). The van der Waals surface area contributed by atoms with Crippen molar-refractivity contribution < 1.29 is 14.3 Å². The third kappa shape index (κ3) is 3.43. The van der Waals surface area contributed by atoms with E-state index < -0.39 is 0 Å². The molecule has 0 saturated carbocycles. The van der Waals surface area contributed by atoms with Crippen molar-refractivity contribution in [3.05, 3.63) is 45.1 Å². The second kappa shape index (κ2) is 7.40. The zero-order valence-electron chi connectivity index (χ0n) is 15.3. The average Bonchev–Trinajstić information content (AvgIpc) is 3.06. The SMILES string of the molecule is CCN1C(=O)COc2ccc(C(=O)CSc3nc4sc(C)cc4c(=O)[nH]3)cc21. The Bertz CT molecular complexity index is 1150. The first-order valence-corrected chi connectivity index (χ1v) is 10.5. The lowest BCUT2D eigenvalue weighted by molar-refractivity contribution is -0.121. The number of nitrogens with zero attached hydrogens (tertiary/aromatic N) is 2. The lowest BCUT2D eigenvalue weighted by Crippen LogP contribution is -2.38. The first kappa shape index (κ1) is 18.7. The quantitative estimate of drug-likeness (QED) is 0.391. The topological polar surface area (TPSA) is 92.4 Å². The monoisotopic (exact) mass is 415 g/mol. The van der Waals surface area contributed by atoms with Crippen LogP contribution in [-0.4, -0.2) is 40.6 Å². The number of benzene rings is 1. The van der Waals surface area contributed by atoms with E-state index in [0.717, 1.165) is 4.88 Å². The van der Waals surface area contributed by atoms with Gasteiger partial charge in [-0.25, -0.2) is 4.98 Å². The fourth-order valence-corrected chi connectivity index (χ4v) is 4.73. The van der Waals surface area contributed by atoms with Gasteiger partial charge in [-0.3, -0.25) is 14.4 Å². The fourth-order valence-electron chi connectivity index (χ4n) is 3.04. The molecule has 0 bridgehead atoms. The molecule has 1 N–H and O–H groups in total. The summed E-state index contributed by atoms with van der Waals surface area (Å²) in [5, 5.41) is 0.983. The zero-order valence-corrected chi connectivity index (χ0v) is 16.9. The van der Waals surface area contributed by atoms with Crippen LogP contribution < -0.4 is 15.2 Å². The number of aromatic amines is 1. The van der Waals surface area contributed by atoms with Crippen LogP contribution in [0, 0.1) is 6.92 Å². The summed E-state index contributed by atoms with van der Waals surface area (Å²) in [6.07, 6.45) is 0. The lowest BCUT2D eigenvalue weighted by Gasteiger charge is -2.28. The molecule has 28 heavy (non-hydrogen) atoms. The molecule has 2 aromatic heterocycles. The Morgan fingerprint density at radius 1 is 1.36 bits per heavy atom. The van der Waals surface area contributed by atoms with Gasteiger partial charge in [0.1, 0.15) is 10.6 Å². The molecule has 0 atom stereocenters. The normalized spacial score (nSPS) is 13.5. The molecular weight excluding hydrogens is 398 g/mol. The number of H-pyrrole nitrogens is 1. The number of aromatic nitrogens is 2. The number of amides is 1. The van der Waals surface area contributed by atoms with Crippen molar-refractivity contribution in [2.45, 2.75) is 19.0 Å². The zero-order chi connectivity index (χ0) is 19.8. The van der Waals surface area contributed by atoms with Crippen LogP contribution in [0.1, 0.15) is 22.2 Å². The summed E-state index contributed by atoms with van der Waals surface area (Å²) in [7, 11) is 0. The van der Waals surface area contributed by atoms with E-state index in [-0.39, 0.29) is 29.6 Å². The number of anilines is 1. The second-order valence-electron chi connectivity index (χ2n) is 6.27. The number of ketones is 1. The van der Waals surface area contributed by atoms with Crippen molar-refractivity contribution in [3.8, 4) is 5.75 Å². The van der Waals surface area contributed by atoms with Gasteiger partial charge in [-0.1, -0.05) is 11.8 Å². The highest BCUT2D eigenvalue weighted by Gasteiger charge is 2.25. The Labute approximate surface area is 168 Å². The Morgan fingerprint density at radius 3 is 2.96 bits per heavy atom. The first-order chi connectivity index (χ1) is 13.5. The minimum atomic E-state index is -0.202. The Morgan fingerprint density at radius 2 is 2.18 bits per heavy atom. The van der Waals surface area contributed by atoms with Crippen LogP contribution in [0.4, 0.5) is 5.69 Å². The Kier molecular flexibility index (Phi) is 4.94. The van der Waals surface area contributed by atoms with Crippen molar-refractivity contribution >= 4 is 50.7 Å². The van der Waals surface area contributed by atoms with Gasteiger partial charge in [0, 0.05) is 17.0 Å². The first-order valence-electron chi connectivity index (χ1n) is 8.70.